The minimum Gasteiger partial charge on any atom is -0.397 e. The van der Waals surface area contributed by atoms with Gasteiger partial charge in [-0.15, -0.1) is 0 Å². The number of hydrogen-bond acceptors (Lipinski definition) is 4. The number of aliphatic hydroxyl groups excluding tert-OH is 1. The van der Waals surface area contributed by atoms with E-state index in [1.165, 1.54) is 0 Å². The highest BCUT2D eigenvalue weighted by Crippen LogP contribution is 2.27. The molecule has 1 heterocycles. The zero-order valence-electron chi connectivity index (χ0n) is 11.2. The normalized spacial score (nSPS) is 16.4. The summed E-state index contributed by atoms with van der Waals surface area (Å²) in [4.78, 5) is 14.0. The fraction of sp³-hybridized carbons (Fsp3) is 0.500. The van der Waals surface area contributed by atoms with Crippen molar-refractivity contribution in [2.75, 3.05) is 30.3 Å². The van der Waals surface area contributed by atoms with Gasteiger partial charge < -0.3 is 21.1 Å². The Labute approximate surface area is 113 Å². The van der Waals surface area contributed by atoms with E-state index < -0.39 is 0 Å². The monoisotopic (exact) mass is 263 g/mol. The highest BCUT2D eigenvalue weighted by Gasteiger charge is 2.19. The Morgan fingerprint density at radius 3 is 2.79 bits per heavy atom. The number of anilines is 2. The molecule has 5 nitrogen and oxygen atoms in total. The zero-order chi connectivity index (χ0) is 13.8. The van der Waals surface area contributed by atoms with E-state index in [1.54, 1.807) is 12.1 Å². The summed E-state index contributed by atoms with van der Waals surface area (Å²) in [5.74, 6) is -0.0826. The number of carbonyl (C=O) groups excluding carboxylic acids is 1. The van der Waals surface area contributed by atoms with E-state index in [4.69, 9.17) is 5.73 Å². The van der Waals surface area contributed by atoms with E-state index in [9.17, 15) is 9.90 Å². The third-order valence-corrected chi connectivity index (χ3v) is 3.44. The molecule has 4 N–H and O–H groups in total. The maximum Gasteiger partial charge on any atom is 0.251 e. The number of aliphatic hydroxyl groups is 1. The molecule has 0 atom stereocenters. The summed E-state index contributed by atoms with van der Waals surface area (Å²) in [5, 5.41) is 12.3. The van der Waals surface area contributed by atoms with Crippen LogP contribution in [-0.2, 0) is 0 Å². The number of carbonyl (C=O) groups is 1. The van der Waals surface area contributed by atoms with Crippen LogP contribution in [0.1, 0.15) is 30.1 Å². The van der Waals surface area contributed by atoms with Crippen molar-refractivity contribution >= 4 is 17.3 Å². The van der Waals surface area contributed by atoms with Gasteiger partial charge in [0.25, 0.3) is 5.91 Å². The van der Waals surface area contributed by atoms with Crippen LogP contribution in [0.4, 0.5) is 11.4 Å². The lowest BCUT2D eigenvalue weighted by atomic mass is 10.1. The Morgan fingerprint density at radius 1 is 1.47 bits per heavy atom. The van der Waals surface area contributed by atoms with E-state index in [0.29, 0.717) is 17.8 Å². The molecule has 19 heavy (non-hydrogen) atoms. The molecule has 1 amide bonds. The third-order valence-electron chi connectivity index (χ3n) is 3.44. The van der Waals surface area contributed by atoms with E-state index >= 15 is 0 Å². The SMILES string of the molecule is CCNC(=O)c1ccc(N)c(N2CCC(O)CC2)c1. The smallest absolute Gasteiger partial charge is 0.251 e. The Hall–Kier alpha value is -1.75. The van der Waals surface area contributed by atoms with Crippen molar-refractivity contribution < 1.29 is 9.90 Å². The van der Waals surface area contributed by atoms with Gasteiger partial charge in [-0.05, 0) is 38.0 Å². The number of piperidine rings is 1. The van der Waals surface area contributed by atoms with Crippen molar-refractivity contribution in [3.05, 3.63) is 23.8 Å². The molecule has 0 aliphatic carbocycles. The van der Waals surface area contributed by atoms with Crippen LogP contribution in [0.5, 0.6) is 0 Å². The van der Waals surface area contributed by atoms with Crippen molar-refractivity contribution in [2.45, 2.75) is 25.9 Å². The van der Waals surface area contributed by atoms with Crippen LogP contribution >= 0.6 is 0 Å². The summed E-state index contributed by atoms with van der Waals surface area (Å²) in [7, 11) is 0. The van der Waals surface area contributed by atoms with Gasteiger partial charge in [0.1, 0.15) is 0 Å². The average Bonchev–Trinajstić information content (AvgIpc) is 2.41. The minimum atomic E-state index is -0.218. The molecule has 0 aromatic heterocycles. The summed E-state index contributed by atoms with van der Waals surface area (Å²) >= 11 is 0. The first kappa shape index (κ1) is 13.7. The molecular formula is C14H21N3O2. The predicted molar refractivity (Wildman–Crippen MR) is 76.3 cm³/mol. The number of benzene rings is 1. The first-order valence-corrected chi connectivity index (χ1v) is 6.72. The number of hydrogen-bond donors (Lipinski definition) is 3. The molecule has 0 saturated carbocycles. The molecule has 0 unspecified atom stereocenters. The number of nitrogens with zero attached hydrogens (tertiary/aromatic N) is 1. The van der Waals surface area contributed by atoms with Gasteiger partial charge >= 0.3 is 0 Å². The van der Waals surface area contributed by atoms with Crippen molar-refractivity contribution in [3.63, 3.8) is 0 Å². The van der Waals surface area contributed by atoms with Gasteiger partial charge in [0.05, 0.1) is 17.5 Å². The van der Waals surface area contributed by atoms with Gasteiger partial charge in [0.2, 0.25) is 0 Å². The minimum absolute atomic E-state index is 0.0826. The third kappa shape index (κ3) is 3.17. The van der Waals surface area contributed by atoms with Gasteiger partial charge in [0.15, 0.2) is 0 Å². The predicted octanol–water partition coefficient (Wildman–Crippen LogP) is 0.980. The number of amides is 1. The molecule has 104 valence electrons. The van der Waals surface area contributed by atoms with Gasteiger partial charge in [-0.3, -0.25) is 4.79 Å². The van der Waals surface area contributed by atoms with Gasteiger partial charge in [0, 0.05) is 25.2 Å². The molecule has 1 aliphatic heterocycles. The number of nitrogens with two attached hydrogens (primary N) is 1. The molecule has 1 saturated heterocycles. The summed E-state index contributed by atoms with van der Waals surface area (Å²) in [6.45, 7) is 4.03. The first-order valence-electron chi connectivity index (χ1n) is 6.72. The Morgan fingerprint density at radius 2 is 2.16 bits per heavy atom. The van der Waals surface area contributed by atoms with Crippen molar-refractivity contribution in [1.82, 2.24) is 5.32 Å². The molecule has 0 radical (unpaired) electrons. The molecule has 0 spiro atoms. The van der Waals surface area contributed by atoms with E-state index in [2.05, 4.69) is 10.2 Å². The van der Waals surface area contributed by atoms with Gasteiger partial charge in [-0.2, -0.15) is 0 Å². The Bertz CT molecular complexity index is 454. The quantitative estimate of drug-likeness (QED) is 0.710. The average molecular weight is 263 g/mol. The number of rotatable bonds is 3. The summed E-state index contributed by atoms with van der Waals surface area (Å²) in [6, 6.07) is 5.34. The largest absolute Gasteiger partial charge is 0.397 e. The van der Waals surface area contributed by atoms with Gasteiger partial charge in [-0.25, -0.2) is 0 Å². The maximum absolute atomic E-state index is 11.8. The molecule has 1 aromatic rings. The summed E-state index contributed by atoms with van der Waals surface area (Å²) in [6.07, 6.45) is 1.26. The molecule has 2 rings (SSSR count). The second-order valence-electron chi connectivity index (χ2n) is 4.85. The van der Waals surface area contributed by atoms with E-state index in [0.717, 1.165) is 31.6 Å². The highest BCUT2D eigenvalue weighted by atomic mass is 16.3. The van der Waals surface area contributed by atoms with Crippen LogP contribution in [-0.4, -0.2) is 36.8 Å². The molecule has 1 fully saturated rings. The van der Waals surface area contributed by atoms with Crippen LogP contribution in [0.2, 0.25) is 0 Å². The van der Waals surface area contributed by atoms with Crippen LogP contribution in [0.15, 0.2) is 18.2 Å². The lowest BCUT2D eigenvalue weighted by molar-refractivity contribution is 0.0955. The second kappa shape index (κ2) is 5.93. The molecular weight excluding hydrogens is 242 g/mol. The van der Waals surface area contributed by atoms with Gasteiger partial charge in [-0.1, -0.05) is 0 Å². The standard InChI is InChI=1S/C14H21N3O2/c1-2-16-14(19)10-3-4-12(15)13(9-10)17-7-5-11(18)6-8-17/h3-4,9,11,18H,2,5-8,15H2,1H3,(H,16,19). The van der Waals surface area contributed by atoms with Crippen molar-refractivity contribution in [3.8, 4) is 0 Å². The first-order chi connectivity index (χ1) is 9.11. The van der Waals surface area contributed by atoms with Crippen LogP contribution < -0.4 is 16.0 Å². The van der Waals surface area contributed by atoms with Crippen LogP contribution in [0.25, 0.3) is 0 Å². The fourth-order valence-corrected chi connectivity index (χ4v) is 2.33. The topological polar surface area (TPSA) is 78.6 Å². The number of nitrogens with one attached hydrogen (secondary N) is 1. The zero-order valence-corrected chi connectivity index (χ0v) is 11.2. The number of nitrogen functional groups attached to an aromatic ring is 1. The van der Waals surface area contributed by atoms with E-state index in [-0.39, 0.29) is 12.0 Å². The molecule has 1 aromatic carbocycles. The molecule has 0 bridgehead atoms. The maximum atomic E-state index is 11.8. The fourth-order valence-electron chi connectivity index (χ4n) is 2.33. The second-order valence-corrected chi connectivity index (χ2v) is 4.85. The van der Waals surface area contributed by atoms with Crippen LogP contribution in [0, 0.1) is 0 Å². The van der Waals surface area contributed by atoms with Crippen molar-refractivity contribution in [2.24, 2.45) is 0 Å². The molecule has 5 heteroatoms. The highest BCUT2D eigenvalue weighted by molar-refractivity contribution is 5.96. The lowest BCUT2D eigenvalue weighted by Gasteiger charge is -2.32. The summed E-state index contributed by atoms with van der Waals surface area (Å²) in [5.41, 5.74) is 8.17. The Kier molecular flexibility index (Phi) is 4.27. The van der Waals surface area contributed by atoms with Crippen molar-refractivity contribution in [1.29, 1.82) is 0 Å². The van der Waals surface area contributed by atoms with E-state index in [1.807, 2.05) is 13.0 Å². The molecule has 1 aliphatic rings. The van der Waals surface area contributed by atoms with Crippen LogP contribution in [0.3, 0.4) is 0 Å². The Balaban J connectivity index is 2.19. The lowest BCUT2D eigenvalue weighted by Crippen LogP contribution is -2.36. The summed E-state index contributed by atoms with van der Waals surface area (Å²) < 4.78 is 0.